The van der Waals surface area contributed by atoms with Crippen molar-refractivity contribution in [2.45, 2.75) is 13.8 Å². The summed E-state index contributed by atoms with van der Waals surface area (Å²) in [6.45, 7) is 6.99. The monoisotopic (exact) mass is 588 g/mol. The number of imidazole rings is 1. The van der Waals surface area contributed by atoms with E-state index in [0.717, 1.165) is 68.2 Å². The lowest BCUT2D eigenvalue weighted by atomic mass is 9.89. The van der Waals surface area contributed by atoms with Crippen LogP contribution in [-0.2, 0) is 0 Å². The highest BCUT2D eigenvalue weighted by Crippen LogP contribution is 2.38. The molecule has 0 fully saturated rings. The first-order valence-electron chi connectivity index (χ1n) is 15.6. The molecule has 1 N–H and O–H groups in total. The van der Waals surface area contributed by atoms with Crippen LogP contribution in [0.1, 0.15) is 34.6 Å². The minimum atomic E-state index is -0.220. The number of carbonyl (C=O) groups excluding carboxylic acids is 2. The quantitative estimate of drug-likeness (QED) is 0.150. The molecule has 0 spiro atoms. The van der Waals surface area contributed by atoms with Crippen LogP contribution in [0.3, 0.4) is 0 Å². The van der Waals surface area contributed by atoms with Crippen LogP contribution in [0.2, 0.25) is 0 Å². The van der Waals surface area contributed by atoms with E-state index in [0.29, 0.717) is 24.2 Å². The van der Waals surface area contributed by atoms with Gasteiger partial charge < -0.3 is 9.88 Å². The van der Waals surface area contributed by atoms with E-state index >= 15 is 0 Å². The highest BCUT2D eigenvalue weighted by molar-refractivity contribution is 6.27. The van der Waals surface area contributed by atoms with Gasteiger partial charge in [-0.2, -0.15) is 0 Å². The summed E-state index contributed by atoms with van der Waals surface area (Å²) in [6, 6.07) is 34.9. The average molecular weight is 589 g/mol. The number of H-pyrrole nitrogens is 1. The number of hydrogen-bond donors (Lipinski definition) is 1. The van der Waals surface area contributed by atoms with E-state index in [1.165, 1.54) is 15.7 Å². The van der Waals surface area contributed by atoms with Crippen LogP contribution < -0.4 is 0 Å². The number of rotatable bonds is 7. The number of likely N-dealkylation sites (N-methyl/N-ethyl adjacent to an activating group) is 1. The third-order valence-corrected chi connectivity index (χ3v) is 9.37. The predicted octanol–water partition coefficient (Wildman–Crippen LogP) is 8.29. The number of amides is 2. The Bertz CT molecular complexity index is 2200. The molecule has 0 bridgehead atoms. The van der Waals surface area contributed by atoms with Gasteiger partial charge in [-0.1, -0.05) is 105 Å². The number of carbonyl (C=O) groups is 2. The Balaban J connectivity index is 1.17. The van der Waals surface area contributed by atoms with Gasteiger partial charge in [0.05, 0.1) is 11.0 Å². The number of aromatic nitrogens is 2. The molecule has 2 heterocycles. The van der Waals surface area contributed by atoms with Gasteiger partial charge in [0.25, 0.3) is 11.8 Å². The second kappa shape index (κ2) is 10.7. The predicted molar refractivity (Wildman–Crippen MR) is 183 cm³/mol. The first kappa shape index (κ1) is 27.2. The van der Waals surface area contributed by atoms with Gasteiger partial charge in [0.15, 0.2) is 0 Å². The Morgan fingerprint density at radius 2 is 1.20 bits per heavy atom. The molecular weight excluding hydrogens is 556 g/mol. The maximum absolute atomic E-state index is 13.6. The Hall–Kier alpha value is -5.33. The maximum Gasteiger partial charge on any atom is 0.261 e. The minimum Gasteiger partial charge on any atom is -0.337 e. The normalized spacial score (nSPS) is 13.3. The largest absolute Gasteiger partial charge is 0.337 e. The van der Waals surface area contributed by atoms with Crippen molar-refractivity contribution < 1.29 is 9.59 Å². The fraction of sp³-hybridized carbons (Fsp3) is 0.154. The molecule has 2 amide bonds. The summed E-state index contributed by atoms with van der Waals surface area (Å²) in [4.78, 5) is 39.4. The van der Waals surface area contributed by atoms with E-state index in [1.54, 1.807) is 0 Å². The molecule has 45 heavy (non-hydrogen) atoms. The van der Waals surface area contributed by atoms with Crippen molar-refractivity contribution in [2.75, 3.05) is 26.2 Å². The van der Waals surface area contributed by atoms with Crippen molar-refractivity contribution >= 4 is 55.2 Å². The Labute approximate surface area is 260 Å². The molecule has 7 aromatic rings. The number of aromatic amines is 1. The number of hydrogen-bond acceptors (Lipinski definition) is 4. The van der Waals surface area contributed by atoms with E-state index < -0.39 is 0 Å². The number of fused-ring (bicyclic) bond motifs is 6. The molecule has 0 radical (unpaired) electrons. The van der Waals surface area contributed by atoms with Gasteiger partial charge in [-0.05, 0) is 52.5 Å². The molecular formula is C39H32N4O2. The molecule has 1 aliphatic heterocycles. The van der Waals surface area contributed by atoms with E-state index in [1.807, 2.05) is 30.3 Å². The summed E-state index contributed by atoms with van der Waals surface area (Å²) in [5.41, 5.74) is 6.16. The first-order chi connectivity index (χ1) is 22.1. The second-order valence-electron chi connectivity index (χ2n) is 11.7. The molecule has 0 saturated carbocycles. The lowest BCUT2D eigenvalue weighted by Gasteiger charge is -2.29. The Kier molecular flexibility index (Phi) is 6.47. The third kappa shape index (κ3) is 4.25. The van der Waals surface area contributed by atoms with Gasteiger partial charge in [0.2, 0.25) is 0 Å². The molecule has 6 heteroatoms. The smallest absolute Gasteiger partial charge is 0.261 e. The van der Waals surface area contributed by atoms with Gasteiger partial charge in [-0.15, -0.1) is 0 Å². The van der Waals surface area contributed by atoms with E-state index in [2.05, 4.69) is 96.5 Å². The highest BCUT2D eigenvalue weighted by Gasteiger charge is 2.33. The minimum absolute atomic E-state index is 0.220. The van der Waals surface area contributed by atoms with Gasteiger partial charge in [0.1, 0.15) is 5.82 Å². The van der Waals surface area contributed by atoms with Gasteiger partial charge >= 0.3 is 0 Å². The van der Waals surface area contributed by atoms with E-state index in [9.17, 15) is 9.59 Å². The maximum atomic E-state index is 13.6. The zero-order valence-corrected chi connectivity index (χ0v) is 25.3. The summed E-state index contributed by atoms with van der Waals surface area (Å²) < 4.78 is 0. The summed E-state index contributed by atoms with van der Waals surface area (Å²) in [5, 5.41) is 6.33. The van der Waals surface area contributed by atoms with Gasteiger partial charge in [-0.3, -0.25) is 14.5 Å². The molecule has 8 rings (SSSR count). The lowest BCUT2D eigenvalue weighted by Crippen LogP contribution is -2.44. The van der Waals surface area contributed by atoms with Crippen LogP contribution in [0.25, 0.3) is 65.9 Å². The average Bonchev–Trinajstić information content (AvgIpc) is 3.55. The van der Waals surface area contributed by atoms with Crippen molar-refractivity contribution in [1.29, 1.82) is 0 Å². The van der Waals surface area contributed by atoms with Crippen LogP contribution in [0, 0.1) is 0 Å². The van der Waals surface area contributed by atoms with Crippen molar-refractivity contribution in [3.05, 3.63) is 114 Å². The zero-order valence-electron chi connectivity index (χ0n) is 25.3. The summed E-state index contributed by atoms with van der Waals surface area (Å²) in [6.07, 6.45) is 0. The molecule has 0 saturated heterocycles. The second-order valence-corrected chi connectivity index (χ2v) is 11.7. The van der Waals surface area contributed by atoms with Crippen LogP contribution >= 0.6 is 0 Å². The summed E-state index contributed by atoms with van der Waals surface area (Å²) in [5.74, 6) is 0.376. The fourth-order valence-corrected chi connectivity index (χ4v) is 6.95. The van der Waals surface area contributed by atoms with Crippen LogP contribution in [0.4, 0.5) is 0 Å². The van der Waals surface area contributed by atoms with Crippen molar-refractivity contribution in [2.24, 2.45) is 0 Å². The van der Waals surface area contributed by atoms with Gasteiger partial charge in [-0.25, -0.2) is 4.98 Å². The highest BCUT2D eigenvalue weighted by atomic mass is 16.2. The molecule has 6 nitrogen and oxygen atoms in total. The summed E-state index contributed by atoms with van der Waals surface area (Å²) >= 11 is 0. The molecule has 0 unspecified atom stereocenters. The number of nitrogens with one attached hydrogen (secondary N) is 1. The van der Waals surface area contributed by atoms with Crippen molar-refractivity contribution in [3.8, 4) is 22.5 Å². The molecule has 1 aromatic heterocycles. The molecule has 220 valence electrons. The van der Waals surface area contributed by atoms with Crippen LogP contribution in [-0.4, -0.2) is 57.8 Å². The SMILES string of the molecule is CCN(CC)CCN1C(=O)c2cccc3c(-c4ccc(-c5nc6c7ccccc7c7ccccc7c6[nH]5)cc4)ccc(c23)C1=O. The molecule has 6 aromatic carbocycles. The topological polar surface area (TPSA) is 69.3 Å². The van der Waals surface area contributed by atoms with E-state index in [4.69, 9.17) is 4.98 Å². The Morgan fingerprint density at radius 1 is 0.622 bits per heavy atom. The standard InChI is InChI=1S/C39H32N4O2/c1-3-42(4-2)22-23-43-38(44)32-15-9-14-29-26(20-21-33(34(29)32)39(43)45)24-16-18-25(19-17-24)37-40-35-30-12-7-5-10-27(30)28-11-6-8-13-31(28)36(35)41-37/h5-21H,3-4,22-23H2,1-2H3,(H,40,41). The van der Waals surface area contributed by atoms with Crippen LogP contribution in [0.15, 0.2) is 103 Å². The van der Waals surface area contributed by atoms with E-state index in [-0.39, 0.29) is 11.8 Å². The number of imide groups is 1. The molecule has 1 aliphatic rings. The Morgan fingerprint density at radius 3 is 1.91 bits per heavy atom. The van der Waals surface area contributed by atoms with Crippen LogP contribution in [0.5, 0.6) is 0 Å². The van der Waals surface area contributed by atoms with Crippen molar-refractivity contribution in [3.63, 3.8) is 0 Å². The first-order valence-corrected chi connectivity index (χ1v) is 15.6. The fourth-order valence-electron chi connectivity index (χ4n) is 6.95. The molecule has 0 atom stereocenters. The third-order valence-electron chi connectivity index (χ3n) is 9.37. The summed E-state index contributed by atoms with van der Waals surface area (Å²) in [7, 11) is 0. The van der Waals surface area contributed by atoms with Crippen molar-refractivity contribution in [1.82, 2.24) is 19.8 Å². The number of benzene rings is 6. The van der Waals surface area contributed by atoms with Gasteiger partial charge in [0, 0.05) is 45.9 Å². The zero-order chi connectivity index (χ0) is 30.7. The number of nitrogens with zero attached hydrogens (tertiary/aromatic N) is 3. The molecule has 0 aliphatic carbocycles. The lowest BCUT2D eigenvalue weighted by molar-refractivity contribution is 0.0594.